The van der Waals surface area contributed by atoms with Crippen LogP contribution in [0.5, 0.6) is 0 Å². The van der Waals surface area contributed by atoms with Crippen molar-refractivity contribution in [1.29, 1.82) is 0 Å². The zero-order valence-corrected chi connectivity index (χ0v) is 9.32. The van der Waals surface area contributed by atoms with Gasteiger partial charge in [0.1, 0.15) is 11.5 Å². The Morgan fingerprint density at radius 2 is 2.27 bits per heavy atom. The lowest BCUT2D eigenvalue weighted by atomic mass is 10.00. The van der Waals surface area contributed by atoms with E-state index >= 15 is 0 Å². The van der Waals surface area contributed by atoms with Gasteiger partial charge in [-0.05, 0) is 38.3 Å². The summed E-state index contributed by atoms with van der Waals surface area (Å²) in [6.07, 6.45) is 3.30. The molecule has 2 heterocycles. The summed E-state index contributed by atoms with van der Waals surface area (Å²) < 4.78 is 5.61. The number of aryl methyl sites for hydroxylation is 1. The van der Waals surface area contributed by atoms with Crippen LogP contribution in [0.25, 0.3) is 0 Å². The first kappa shape index (κ1) is 10.3. The van der Waals surface area contributed by atoms with Crippen LogP contribution in [0.4, 0.5) is 0 Å². The van der Waals surface area contributed by atoms with E-state index in [2.05, 4.69) is 0 Å². The number of hydrogen-bond donors (Lipinski definition) is 0. The molecule has 0 bridgehead atoms. The molecule has 1 atom stereocenters. The van der Waals surface area contributed by atoms with Crippen LogP contribution < -0.4 is 0 Å². The van der Waals surface area contributed by atoms with Crippen molar-refractivity contribution in [2.24, 2.45) is 0 Å². The van der Waals surface area contributed by atoms with Crippen molar-refractivity contribution in [3.05, 3.63) is 23.7 Å². The summed E-state index contributed by atoms with van der Waals surface area (Å²) in [7, 11) is 0. The Balaban J connectivity index is 2.21. The molecule has 3 nitrogen and oxygen atoms in total. The number of carbonyl (C=O) groups is 1. The van der Waals surface area contributed by atoms with Crippen LogP contribution in [0.2, 0.25) is 0 Å². The van der Waals surface area contributed by atoms with Crippen molar-refractivity contribution < 1.29 is 9.21 Å². The highest BCUT2D eigenvalue weighted by molar-refractivity contribution is 5.73. The molecule has 0 aromatic carbocycles. The number of piperidine rings is 1. The standard InChI is InChI=1S/C12H17NO2/c1-9-6-7-12(15-9)11-5-3-4-8-13(11)10(2)14/h6-7,11H,3-5,8H2,1-2H3. The lowest BCUT2D eigenvalue weighted by Gasteiger charge is -2.33. The maximum absolute atomic E-state index is 11.5. The van der Waals surface area contributed by atoms with Gasteiger partial charge in [0.2, 0.25) is 5.91 Å². The Bertz CT molecular complexity index is 356. The number of carbonyl (C=O) groups excluding carboxylic acids is 1. The first-order valence-electron chi connectivity index (χ1n) is 5.52. The monoisotopic (exact) mass is 207 g/mol. The van der Waals surface area contributed by atoms with E-state index in [0.29, 0.717) is 0 Å². The third kappa shape index (κ3) is 2.06. The van der Waals surface area contributed by atoms with Crippen molar-refractivity contribution in [2.75, 3.05) is 6.54 Å². The highest BCUT2D eigenvalue weighted by Gasteiger charge is 2.27. The molecule has 1 amide bonds. The maximum atomic E-state index is 11.5. The molecule has 0 spiro atoms. The fourth-order valence-electron chi connectivity index (χ4n) is 2.24. The molecule has 1 fully saturated rings. The summed E-state index contributed by atoms with van der Waals surface area (Å²) >= 11 is 0. The Labute approximate surface area is 90.1 Å². The summed E-state index contributed by atoms with van der Waals surface area (Å²) in [4.78, 5) is 13.4. The van der Waals surface area contributed by atoms with Crippen molar-refractivity contribution in [1.82, 2.24) is 4.90 Å². The second-order valence-electron chi connectivity index (χ2n) is 4.17. The van der Waals surface area contributed by atoms with Gasteiger partial charge in [0.05, 0.1) is 6.04 Å². The highest BCUT2D eigenvalue weighted by Crippen LogP contribution is 2.31. The van der Waals surface area contributed by atoms with E-state index in [1.54, 1.807) is 6.92 Å². The molecule has 15 heavy (non-hydrogen) atoms. The number of nitrogens with zero attached hydrogens (tertiary/aromatic N) is 1. The van der Waals surface area contributed by atoms with E-state index in [9.17, 15) is 4.79 Å². The van der Waals surface area contributed by atoms with Gasteiger partial charge in [-0.1, -0.05) is 0 Å². The summed E-state index contributed by atoms with van der Waals surface area (Å²) in [5, 5.41) is 0. The van der Waals surface area contributed by atoms with E-state index in [0.717, 1.165) is 30.9 Å². The summed E-state index contributed by atoms with van der Waals surface area (Å²) in [6, 6.07) is 4.11. The Kier molecular flexibility index (Phi) is 2.80. The second kappa shape index (κ2) is 4.09. The van der Waals surface area contributed by atoms with Gasteiger partial charge in [0, 0.05) is 13.5 Å². The largest absolute Gasteiger partial charge is 0.464 e. The zero-order valence-electron chi connectivity index (χ0n) is 9.32. The number of amides is 1. The molecule has 3 heteroatoms. The average Bonchev–Trinajstić information content (AvgIpc) is 2.65. The van der Waals surface area contributed by atoms with Crippen LogP contribution >= 0.6 is 0 Å². The normalized spacial score (nSPS) is 21.7. The van der Waals surface area contributed by atoms with Crippen LogP contribution in [0, 0.1) is 6.92 Å². The third-order valence-corrected chi connectivity index (χ3v) is 3.00. The molecule has 0 saturated carbocycles. The van der Waals surface area contributed by atoms with Crippen molar-refractivity contribution in [3.63, 3.8) is 0 Å². The van der Waals surface area contributed by atoms with Gasteiger partial charge in [0.25, 0.3) is 0 Å². The number of hydrogen-bond acceptors (Lipinski definition) is 2. The molecule has 1 saturated heterocycles. The van der Waals surface area contributed by atoms with E-state index in [1.807, 2.05) is 24.0 Å². The molecule has 0 N–H and O–H groups in total. The summed E-state index contributed by atoms with van der Waals surface area (Å²) in [5.74, 6) is 2.00. The molecule has 82 valence electrons. The van der Waals surface area contributed by atoms with Crippen molar-refractivity contribution in [2.45, 2.75) is 39.2 Å². The minimum Gasteiger partial charge on any atom is -0.464 e. The lowest BCUT2D eigenvalue weighted by Crippen LogP contribution is -2.36. The molecular formula is C12H17NO2. The van der Waals surface area contributed by atoms with Crippen molar-refractivity contribution in [3.8, 4) is 0 Å². The van der Waals surface area contributed by atoms with Gasteiger partial charge in [-0.3, -0.25) is 4.79 Å². The molecule has 1 unspecified atom stereocenters. The quantitative estimate of drug-likeness (QED) is 0.709. The second-order valence-corrected chi connectivity index (χ2v) is 4.17. The van der Waals surface area contributed by atoms with Gasteiger partial charge >= 0.3 is 0 Å². The molecule has 1 aromatic rings. The topological polar surface area (TPSA) is 33.5 Å². The molecule has 2 rings (SSSR count). The van der Waals surface area contributed by atoms with E-state index in [-0.39, 0.29) is 11.9 Å². The molecule has 1 aliphatic rings. The highest BCUT2D eigenvalue weighted by atomic mass is 16.3. The van der Waals surface area contributed by atoms with Crippen LogP contribution in [-0.4, -0.2) is 17.4 Å². The van der Waals surface area contributed by atoms with Crippen LogP contribution in [0.15, 0.2) is 16.5 Å². The Morgan fingerprint density at radius 3 is 2.87 bits per heavy atom. The average molecular weight is 207 g/mol. The molecule has 1 aromatic heterocycles. The van der Waals surface area contributed by atoms with Crippen molar-refractivity contribution >= 4 is 5.91 Å². The van der Waals surface area contributed by atoms with Crippen LogP contribution in [-0.2, 0) is 4.79 Å². The van der Waals surface area contributed by atoms with Gasteiger partial charge < -0.3 is 9.32 Å². The number of furan rings is 1. The number of likely N-dealkylation sites (tertiary alicyclic amines) is 1. The predicted molar refractivity (Wildman–Crippen MR) is 57.4 cm³/mol. The number of rotatable bonds is 1. The minimum atomic E-state index is 0.147. The van der Waals surface area contributed by atoms with Gasteiger partial charge in [0.15, 0.2) is 0 Å². The Hall–Kier alpha value is -1.25. The smallest absolute Gasteiger partial charge is 0.220 e. The molecule has 1 aliphatic heterocycles. The fraction of sp³-hybridized carbons (Fsp3) is 0.583. The third-order valence-electron chi connectivity index (χ3n) is 3.00. The van der Waals surface area contributed by atoms with E-state index in [1.165, 1.54) is 6.42 Å². The summed E-state index contributed by atoms with van der Waals surface area (Å²) in [6.45, 7) is 4.43. The van der Waals surface area contributed by atoms with E-state index in [4.69, 9.17) is 4.42 Å². The lowest BCUT2D eigenvalue weighted by molar-refractivity contribution is -0.133. The van der Waals surface area contributed by atoms with Gasteiger partial charge in [-0.15, -0.1) is 0 Å². The van der Waals surface area contributed by atoms with E-state index < -0.39 is 0 Å². The van der Waals surface area contributed by atoms with Crippen LogP contribution in [0.1, 0.15) is 43.7 Å². The van der Waals surface area contributed by atoms with Crippen LogP contribution in [0.3, 0.4) is 0 Å². The molecular weight excluding hydrogens is 190 g/mol. The minimum absolute atomic E-state index is 0.147. The first-order chi connectivity index (χ1) is 7.18. The maximum Gasteiger partial charge on any atom is 0.220 e. The first-order valence-corrected chi connectivity index (χ1v) is 5.52. The fourth-order valence-corrected chi connectivity index (χ4v) is 2.24. The zero-order chi connectivity index (χ0) is 10.8. The molecule has 0 radical (unpaired) electrons. The predicted octanol–water partition coefficient (Wildman–Crippen LogP) is 2.66. The SMILES string of the molecule is CC(=O)N1CCCCC1c1ccc(C)o1. The summed E-state index contributed by atoms with van der Waals surface area (Å²) in [5.41, 5.74) is 0. The van der Waals surface area contributed by atoms with Gasteiger partial charge in [-0.2, -0.15) is 0 Å². The molecule has 0 aliphatic carbocycles. The van der Waals surface area contributed by atoms with Gasteiger partial charge in [-0.25, -0.2) is 0 Å². The Morgan fingerprint density at radius 1 is 1.47 bits per heavy atom.